The molecule has 0 aliphatic carbocycles. The average Bonchev–Trinajstić information content (AvgIpc) is 2.95. The predicted molar refractivity (Wildman–Crippen MR) is 118 cm³/mol. The summed E-state index contributed by atoms with van der Waals surface area (Å²) < 4.78 is 3.05. The molecule has 0 bridgehead atoms. The van der Waals surface area contributed by atoms with Crippen LogP contribution in [-0.2, 0) is 14.1 Å². The highest BCUT2D eigenvalue weighted by Crippen LogP contribution is 2.37. The Morgan fingerprint density at radius 2 is 1.43 bits per heavy atom. The fourth-order valence-electron chi connectivity index (χ4n) is 4.34. The lowest BCUT2D eigenvalue weighted by Crippen LogP contribution is -2.40. The van der Waals surface area contributed by atoms with Gasteiger partial charge >= 0.3 is 5.69 Å². The van der Waals surface area contributed by atoms with Gasteiger partial charge in [0.1, 0.15) is 0 Å². The van der Waals surface area contributed by atoms with E-state index >= 15 is 0 Å². The van der Waals surface area contributed by atoms with Crippen molar-refractivity contribution in [2.24, 2.45) is 14.1 Å². The molecule has 1 aliphatic heterocycles. The minimum absolute atomic E-state index is 0.162. The molecule has 3 aromatic carbocycles. The van der Waals surface area contributed by atoms with Gasteiger partial charge < -0.3 is 4.90 Å². The van der Waals surface area contributed by atoms with E-state index in [2.05, 4.69) is 0 Å². The second-order valence-electron chi connectivity index (χ2n) is 7.77. The van der Waals surface area contributed by atoms with Gasteiger partial charge in [-0.05, 0) is 36.4 Å². The molecule has 2 amide bonds. The normalized spacial score (nSPS) is 13.5. The van der Waals surface area contributed by atoms with Crippen molar-refractivity contribution >= 4 is 45.0 Å². The predicted octanol–water partition coefficient (Wildman–Crippen LogP) is 2.90. The summed E-state index contributed by atoms with van der Waals surface area (Å²) in [6.07, 6.45) is 0. The molecule has 0 unspecified atom stereocenters. The second kappa shape index (κ2) is 6.06. The van der Waals surface area contributed by atoms with E-state index < -0.39 is 0 Å². The lowest BCUT2D eigenvalue weighted by Gasteiger charge is -2.28. The third kappa shape index (κ3) is 2.23. The number of imide groups is 1. The number of aryl methyl sites for hydroxylation is 2. The van der Waals surface area contributed by atoms with Gasteiger partial charge in [-0.2, -0.15) is 0 Å². The van der Waals surface area contributed by atoms with Crippen molar-refractivity contribution in [2.45, 2.75) is 0 Å². The first-order valence-corrected chi connectivity index (χ1v) is 9.58. The smallest absolute Gasteiger partial charge is 0.328 e. The van der Waals surface area contributed by atoms with Crippen molar-refractivity contribution in [2.75, 3.05) is 23.9 Å². The van der Waals surface area contributed by atoms with E-state index in [9.17, 15) is 14.4 Å². The summed E-state index contributed by atoms with van der Waals surface area (Å²) in [4.78, 5) is 42.2. The van der Waals surface area contributed by atoms with Crippen LogP contribution in [0.25, 0.3) is 21.8 Å². The summed E-state index contributed by atoms with van der Waals surface area (Å²) in [5.74, 6) is -0.733. The number of rotatable bonds is 2. The van der Waals surface area contributed by atoms with Crippen LogP contribution in [0.4, 0.5) is 11.4 Å². The molecule has 5 rings (SSSR count). The molecule has 30 heavy (non-hydrogen) atoms. The molecular formula is C23H20N4O3. The van der Waals surface area contributed by atoms with Crippen LogP contribution in [-0.4, -0.2) is 35.0 Å². The Morgan fingerprint density at radius 3 is 2.13 bits per heavy atom. The largest absolute Gasteiger partial charge is 0.377 e. The molecule has 1 aliphatic rings. The number of hydrogen-bond acceptors (Lipinski definition) is 4. The van der Waals surface area contributed by atoms with Crippen LogP contribution in [0.1, 0.15) is 20.7 Å². The number of carbonyl (C=O) groups is 2. The number of benzene rings is 3. The molecular weight excluding hydrogens is 380 g/mol. The van der Waals surface area contributed by atoms with Crippen LogP contribution in [0, 0.1) is 0 Å². The van der Waals surface area contributed by atoms with Crippen molar-refractivity contribution in [3.63, 3.8) is 0 Å². The van der Waals surface area contributed by atoms with E-state index in [1.165, 1.54) is 14.0 Å². The summed E-state index contributed by atoms with van der Waals surface area (Å²) >= 11 is 0. The molecule has 0 saturated heterocycles. The molecule has 7 heteroatoms. The second-order valence-corrected chi connectivity index (χ2v) is 7.77. The number of carbonyl (C=O) groups excluding carboxylic acids is 2. The Kier molecular flexibility index (Phi) is 3.67. The van der Waals surface area contributed by atoms with Crippen LogP contribution >= 0.6 is 0 Å². The van der Waals surface area contributed by atoms with Crippen LogP contribution < -0.4 is 15.5 Å². The molecule has 4 aromatic rings. The van der Waals surface area contributed by atoms with E-state index in [-0.39, 0.29) is 17.5 Å². The number of imidazole rings is 1. The van der Waals surface area contributed by atoms with E-state index in [4.69, 9.17) is 0 Å². The average molecular weight is 400 g/mol. The Balaban J connectivity index is 1.74. The van der Waals surface area contributed by atoms with Crippen LogP contribution in [0.5, 0.6) is 0 Å². The van der Waals surface area contributed by atoms with Crippen molar-refractivity contribution in [1.29, 1.82) is 0 Å². The van der Waals surface area contributed by atoms with Gasteiger partial charge in [-0.15, -0.1) is 0 Å². The third-order valence-corrected chi connectivity index (χ3v) is 5.88. The third-order valence-electron chi connectivity index (χ3n) is 5.88. The maximum absolute atomic E-state index is 13.4. The first kappa shape index (κ1) is 18.2. The minimum atomic E-state index is -0.366. The maximum Gasteiger partial charge on any atom is 0.328 e. The standard InChI is InChI=1S/C23H20N4O3/c1-24(2)17-11-9-16-20-14(17)6-5-7-15(20)21(28)27(22(16)29)13-8-10-18-19(12-13)26(4)23(30)25(18)3/h5-12H,1-4H3. The van der Waals surface area contributed by atoms with E-state index in [0.29, 0.717) is 27.7 Å². The quantitative estimate of drug-likeness (QED) is 0.485. The first-order chi connectivity index (χ1) is 14.3. The summed E-state index contributed by atoms with van der Waals surface area (Å²) in [6.45, 7) is 0. The zero-order chi connectivity index (χ0) is 21.3. The highest BCUT2D eigenvalue weighted by atomic mass is 16.2. The Bertz CT molecular complexity index is 1440. The Labute approximate surface area is 172 Å². The fourth-order valence-corrected chi connectivity index (χ4v) is 4.34. The van der Waals surface area contributed by atoms with E-state index in [1.807, 2.05) is 37.2 Å². The zero-order valence-corrected chi connectivity index (χ0v) is 17.1. The number of aromatic nitrogens is 2. The van der Waals surface area contributed by atoms with Crippen LogP contribution in [0.2, 0.25) is 0 Å². The zero-order valence-electron chi connectivity index (χ0n) is 17.1. The molecule has 2 heterocycles. The Morgan fingerprint density at radius 1 is 0.767 bits per heavy atom. The molecule has 0 fully saturated rings. The lowest BCUT2D eigenvalue weighted by atomic mass is 9.92. The van der Waals surface area contributed by atoms with Gasteiger partial charge in [0.2, 0.25) is 0 Å². The number of anilines is 2. The molecule has 1 aromatic heterocycles. The highest BCUT2D eigenvalue weighted by molar-refractivity contribution is 6.36. The molecule has 0 saturated carbocycles. The first-order valence-electron chi connectivity index (χ1n) is 9.58. The molecule has 150 valence electrons. The van der Waals surface area contributed by atoms with Crippen LogP contribution in [0.3, 0.4) is 0 Å². The summed E-state index contributed by atoms with van der Waals surface area (Å²) in [6, 6.07) is 14.4. The van der Waals surface area contributed by atoms with Crippen molar-refractivity contribution < 1.29 is 9.59 Å². The van der Waals surface area contributed by atoms with E-state index in [0.717, 1.165) is 16.6 Å². The van der Waals surface area contributed by atoms with Crippen molar-refractivity contribution in [1.82, 2.24) is 9.13 Å². The molecule has 0 radical (unpaired) electrons. The van der Waals surface area contributed by atoms with Gasteiger partial charge in [0, 0.05) is 55.8 Å². The van der Waals surface area contributed by atoms with Gasteiger partial charge in [0.15, 0.2) is 0 Å². The fraction of sp³-hybridized carbons (Fsp3) is 0.174. The SMILES string of the molecule is CN(C)c1ccc2c3c(cccc13)C(=O)N(c1ccc3c(c1)n(C)c(=O)n3C)C2=O. The van der Waals surface area contributed by atoms with Gasteiger partial charge in [0.25, 0.3) is 11.8 Å². The minimum Gasteiger partial charge on any atom is -0.377 e. The molecule has 0 spiro atoms. The summed E-state index contributed by atoms with van der Waals surface area (Å²) in [7, 11) is 7.23. The molecule has 0 atom stereocenters. The van der Waals surface area contributed by atoms with E-state index in [1.54, 1.807) is 44.4 Å². The topological polar surface area (TPSA) is 67.6 Å². The summed E-state index contributed by atoms with van der Waals surface area (Å²) in [5, 5.41) is 1.56. The molecule has 7 nitrogen and oxygen atoms in total. The summed E-state index contributed by atoms with van der Waals surface area (Å²) in [5.41, 5.74) is 3.61. The number of fused-ring (bicyclic) bond motifs is 1. The monoisotopic (exact) mass is 400 g/mol. The van der Waals surface area contributed by atoms with Crippen molar-refractivity contribution in [3.8, 4) is 0 Å². The van der Waals surface area contributed by atoms with Gasteiger partial charge in [-0.1, -0.05) is 12.1 Å². The molecule has 0 N–H and O–H groups in total. The van der Waals surface area contributed by atoms with Gasteiger partial charge in [-0.3, -0.25) is 18.7 Å². The number of hydrogen-bond donors (Lipinski definition) is 0. The number of amides is 2. The van der Waals surface area contributed by atoms with Crippen LogP contribution in [0.15, 0.2) is 53.3 Å². The lowest BCUT2D eigenvalue weighted by molar-refractivity contribution is 0.0893. The van der Waals surface area contributed by atoms with Crippen molar-refractivity contribution in [3.05, 3.63) is 70.1 Å². The Hall–Kier alpha value is -3.87. The van der Waals surface area contributed by atoms with Gasteiger partial charge in [0.05, 0.1) is 16.7 Å². The highest BCUT2D eigenvalue weighted by Gasteiger charge is 2.34. The maximum atomic E-state index is 13.4. The van der Waals surface area contributed by atoms with Gasteiger partial charge in [-0.25, -0.2) is 9.69 Å². The number of nitrogens with zero attached hydrogens (tertiary/aromatic N) is 4.